The SMILES string of the molecule is CCCC(=O)Nc1ccc2c(c1)C(=O)N(C)[C@@H]1CC[C@@H](CC(=O)NCCCN(C)C)O[C@@H]1CO2. The molecule has 1 saturated heterocycles. The quantitative estimate of drug-likeness (QED) is 0.533. The van der Waals surface area contributed by atoms with Crippen LogP contribution >= 0.6 is 0 Å². The fourth-order valence-electron chi connectivity index (χ4n) is 4.46. The van der Waals surface area contributed by atoms with Crippen molar-refractivity contribution in [3.63, 3.8) is 0 Å². The number of nitrogens with zero attached hydrogens (tertiary/aromatic N) is 2. The van der Waals surface area contributed by atoms with Gasteiger partial charge < -0.3 is 29.9 Å². The van der Waals surface area contributed by atoms with Crippen molar-refractivity contribution >= 4 is 23.4 Å². The molecule has 0 saturated carbocycles. The van der Waals surface area contributed by atoms with Crippen molar-refractivity contribution in [1.29, 1.82) is 0 Å². The lowest BCUT2D eigenvalue weighted by Gasteiger charge is -2.42. The zero-order valence-electron chi connectivity index (χ0n) is 20.8. The molecule has 2 aliphatic heterocycles. The minimum absolute atomic E-state index is 0.0126. The van der Waals surface area contributed by atoms with Crippen LogP contribution < -0.4 is 15.4 Å². The number of amides is 3. The van der Waals surface area contributed by atoms with Crippen molar-refractivity contribution in [2.75, 3.05) is 46.2 Å². The van der Waals surface area contributed by atoms with Crippen LogP contribution in [0.25, 0.3) is 0 Å². The van der Waals surface area contributed by atoms with Gasteiger partial charge in [0.1, 0.15) is 18.5 Å². The topological polar surface area (TPSA) is 100 Å². The molecule has 1 aromatic rings. The Hall–Kier alpha value is -2.65. The lowest BCUT2D eigenvalue weighted by Crippen LogP contribution is -2.54. The van der Waals surface area contributed by atoms with Gasteiger partial charge in [-0.3, -0.25) is 14.4 Å². The van der Waals surface area contributed by atoms with E-state index in [0.717, 1.165) is 25.8 Å². The predicted octanol–water partition coefficient (Wildman–Crippen LogP) is 2.26. The van der Waals surface area contributed by atoms with E-state index in [1.54, 1.807) is 30.1 Å². The summed E-state index contributed by atoms with van der Waals surface area (Å²) < 4.78 is 12.2. The van der Waals surface area contributed by atoms with E-state index in [4.69, 9.17) is 9.47 Å². The van der Waals surface area contributed by atoms with Crippen LogP contribution in [0.4, 0.5) is 5.69 Å². The van der Waals surface area contributed by atoms with E-state index < -0.39 is 0 Å². The Morgan fingerprint density at radius 3 is 2.74 bits per heavy atom. The zero-order chi connectivity index (χ0) is 24.7. The van der Waals surface area contributed by atoms with Gasteiger partial charge in [0.15, 0.2) is 0 Å². The van der Waals surface area contributed by atoms with Crippen molar-refractivity contribution < 1.29 is 23.9 Å². The summed E-state index contributed by atoms with van der Waals surface area (Å²) in [6.07, 6.45) is 3.31. The molecule has 0 aliphatic carbocycles. The summed E-state index contributed by atoms with van der Waals surface area (Å²) in [6.45, 7) is 3.81. The molecule has 188 valence electrons. The largest absolute Gasteiger partial charge is 0.490 e. The van der Waals surface area contributed by atoms with Crippen LogP contribution in [0, 0.1) is 0 Å². The van der Waals surface area contributed by atoms with Crippen LogP contribution in [-0.4, -0.2) is 86.6 Å². The van der Waals surface area contributed by atoms with E-state index in [-0.39, 0.29) is 42.6 Å². The molecule has 9 heteroatoms. The van der Waals surface area contributed by atoms with E-state index in [9.17, 15) is 14.4 Å². The van der Waals surface area contributed by atoms with E-state index in [1.807, 2.05) is 21.0 Å². The van der Waals surface area contributed by atoms with Gasteiger partial charge in [-0.05, 0) is 64.5 Å². The maximum absolute atomic E-state index is 13.3. The molecule has 34 heavy (non-hydrogen) atoms. The lowest BCUT2D eigenvalue weighted by molar-refractivity contribution is -0.134. The number of hydrogen-bond acceptors (Lipinski definition) is 6. The summed E-state index contributed by atoms with van der Waals surface area (Å²) >= 11 is 0. The number of anilines is 1. The van der Waals surface area contributed by atoms with Crippen LogP contribution in [0.1, 0.15) is 55.8 Å². The molecule has 0 spiro atoms. The predicted molar refractivity (Wildman–Crippen MR) is 130 cm³/mol. The molecule has 0 unspecified atom stereocenters. The van der Waals surface area contributed by atoms with Gasteiger partial charge in [0.05, 0.1) is 24.1 Å². The van der Waals surface area contributed by atoms with Gasteiger partial charge >= 0.3 is 0 Å². The van der Waals surface area contributed by atoms with Crippen LogP contribution in [0.2, 0.25) is 0 Å². The summed E-state index contributed by atoms with van der Waals surface area (Å²) in [5.74, 6) is 0.204. The first kappa shape index (κ1) is 26.0. The van der Waals surface area contributed by atoms with Crippen LogP contribution in [-0.2, 0) is 14.3 Å². The third kappa shape index (κ3) is 6.93. The maximum atomic E-state index is 13.3. The van der Waals surface area contributed by atoms with Crippen molar-refractivity contribution in [2.45, 2.75) is 63.7 Å². The Kier molecular flexibility index (Phi) is 9.29. The fraction of sp³-hybridized carbons (Fsp3) is 0.640. The zero-order valence-corrected chi connectivity index (χ0v) is 20.8. The molecule has 0 bridgehead atoms. The molecule has 0 radical (unpaired) electrons. The first-order chi connectivity index (χ1) is 16.3. The van der Waals surface area contributed by atoms with Gasteiger partial charge in [-0.1, -0.05) is 6.92 Å². The third-order valence-corrected chi connectivity index (χ3v) is 6.29. The highest BCUT2D eigenvalue weighted by molar-refractivity contribution is 5.99. The maximum Gasteiger partial charge on any atom is 0.257 e. The molecule has 1 fully saturated rings. The number of carbonyl (C=O) groups excluding carboxylic acids is 3. The highest BCUT2D eigenvalue weighted by atomic mass is 16.5. The monoisotopic (exact) mass is 474 g/mol. The van der Waals surface area contributed by atoms with E-state index >= 15 is 0 Å². The minimum atomic E-state index is -0.314. The number of hydrogen-bond donors (Lipinski definition) is 2. The summed E-state index contributed by atoms with van der Waals surface area (Å²) in [5, 5.41) is 5.80. The second kappa shape index (κ2) is 12.2. The van der Waals surface area contributed by atoms with Crippen molar-refractivity contribution in [3.05, 3.63) is 23.8 Å². The Bertz CT molecular complexity index is 875. The van der Waals surface area contributed by atoms with E-state index in [2.05, 4.69) is 15.5 Å². The molecule has 3 amide bonds. The minimum Gasteiger partial charge on any atom is -0.490 e. The average molecular weight is 475 g/mol. The Labute approximate surface area is 202 Å². The number of carbonyl (C=O) groups is 3. The number of benzene rings is 1. The smallest absolute Gasteiger partial charge is 0.257 e. The fourth-order valence-corrected chi connectivity index (χ4v) is 4.46. The highest BCUT2D eigenvalue weighted by Crippen LogP contribution is 2.32. The van der Waals surface area contributed by atoms with Gasteiger partial charge in [0.2, 0.25) is 11.8 Å². The standard InChI is InChI=1S/C25H38N4O5/c1-5-7-23(30)27-17-8-11-21-19(14-17)25(32)29(4)20-10-9-18(34-22(20)16-33-21)15-24(31)26-12-6-13-28(2)3/h8,11,14,18,20,22H,5-7,9-10,12-13,15-16H2,1-4H3,(H,26,31)(H,27,30)/t18-,20+,22+/m0/s1. The number of ether oxygens (including phenoxy) is 2. The number of fused-ring (bicyclic) bond motifs is 2. The third-order valence-electron chi connectivity index (χ3n) is 6.29. The molecule has 2 aliphatic rings. The van der Waals surface area contributed by atoms with Gasteiger partial charge in [-0.2, -0.15) is 0 Å². The second-order valence-electron chi connectivity index (χ2n) is 9.39. The van der Waals surface area contributed by atoms with E-state index in [0.29, 0.717) is 42.8 Å². The lowest BCUT2D eigenvalue weighted by atomic mass is 9.94. The summed E-state index contributed by atoms with van der Waals surface area (Å²) in [4.78, 5) is 41.4. The normalized spacial score (nSPS) is 22.2. The van der Waals surface area contributed by atoms with Gasteiger partial charge in [0, 0.05) is 25.7 Å². The molecule has 2 heterocycles. The van der Waals surface area contributed by atoms with Gasteiger partial charge in [0.25, 0.3) is 5.91 Å². The molecule has 9 nitrogen and oxygen atoms in total. The first-order valence-electron chi connectivity index (χ1n) is 12.2. The molecule has 3 atom stereocenters. The molecular formula is C25H38N4O5. The van der Waals surface area contributed by atoms with Crippen LogP contribution in [0.3, 0.4) is 0 Å². The number of likely N-dealkylation sites (N-methyl/N-ethyl adjacent to an activating group) is 1. The molecule has 3 rings (SSSR count). The van der Waals surface area contributed by atoms with Crippen LogP contribution in [0.5, 0.6) is 5.75 Å². The number of nitrogens with one attached hydrogen (secondary N) is 2. The first-order valence-corrected chi connectivity index (χ1v) is 12.2. The van der Waals surface area contributed by atoms with Gasteiger partial charge in [-0.25, -0.2) is 0 Å². The summed E-state index contributed by atoms with van der Waals surface area (Å²) in [7, 11) is 5.80. The van der Waals surface area contributed by atoms with Gasteiger partial charge in [-0.15, -0.1) is 0 Å². The molecule has 0 aromatic heterocycles. The molecule has 2 N–H and O–H groups in total. The second-order valence-corrected chi connectivity index (χ2v) is 9.39. The van der Waals surface area contributed by atoms with Crippen molar-refractivity contribution in [2.24, 2.45) is 0 Å². The van der Waals surface area contributed by atoms with Crippen molar-refractivity contribution in [1.82, 2.24) is 15.1 Å². The average Bonchev–Trinajstić information content (AvgIpc) is 2.79. The van der Waals surface area contributed by atoms with E-state index in [1.165, 1.54) is 0 Å². The summed E-state index contributed by atoms with van der Waals surface area (Å²) in [5.41, 5.74) is 1.01. The Morgan fingerprint density at radius 1 is 1.21 bits per heavy atom. The van der Waals surface area contributed by atoms with Crippen LogP contribution in [0.15, 0.2) is 18.2 Å². The molecular weight excluding hydrogens is 436 g/mol. The molecule has 1 aromatic carbocycles. The summed E-state index contributed by atoms with van der Waals surface area (Å²) in [6, 6.07) is 4.99. The Morgan fingerprint density at radius 2 is 2.00 bits per heavy atom. The highest BCUT2D eigenvalue weighted by Gasteiger charge is 2.39. The Balaban J connectivity index is 1.61. The van der Waals surface area contributed by atoms with Crippen molar-refractivity contribution in [3.8, 4) is 5.75 Å². The number of rotatable bonds is 9.